The molecule has 0 bridgehead atoms. The zero-order valence-electron chi connectivity index (χ0n) is 18.8. The minimum atomic E-state index is -0.878. The Labute approximate surface area is 205 Å². The summed E-state index contributed by atoms with van der Waals surface area (Å²) in [4.78, 5) is 0. The molecule has 2 nitrogen and oxygen atoms in total. The van der Waals surface area contributed by atoms with Crippen molar-refractivity contribution in [3.05, 3.63) is 136 Å². The summed E-state index contributed by atoms with van der Waals surface area (Å²) < 4.78 is 7.99. The molecule has 0 aromatic heterocycles. The number of aliphatic hydroxyl groups is 1. The molecule has 4 aromatic carbocycles. The van der Waals surface area contributed by atoms with Gasteiger partial charge in [-0.1, -0.05) is 127 Å². The highest BCUT2D eigenvalue weighted by Gasteiger charge is 2.39. The molecule has 33 heavy (non-hydrogen) atoms. The van der Waals surface area contributed by atoms with Crippen molar-refractivity contribution in [2.75, 3.05) is 0 Å². The average Bonchev–Trinajstić information content (AvgIpc) is 2.88. The summed E-state index contributed by atoms with van der Waals surface area (Å²) in [5.74, 6) is 0.679. The van der Waals surface area contributed by atoms with Gasteiger partial charge in [0.2, 0.25) is 0 Å². The van der Waals surface area contributed by atoms with Gasteiger partial charge in [-0.15, -0.1) is 0 Å². The second-order valence-electron chi connectivity index (χ2n) is 8.22. The van der Waals surface area contributed by atoms with Gasteiger partial charge in [0.05, 0.1) is 6.10 Å². The lowest BCUT2D eigenvalue weighted by molar-refractivity contribution is 0.130. The number of hydrogen-bond donors (Lipinski definition) is 1. The van der Waals surface area contributed by atoms with Crippen molar-refractivity contribution in [2.24, 2.45) is 0 Å². The zero-order chi connectivity index (χ0) is 23.1. The summed E-state index contributed by atoms with van der Waals surface area (Å²) in [5.41, 5.74) is 3.00. The van der Waals surface area contributed by atoms with Crippen LogP contribution in [0.3, 0.4) is 0 Å². The Hall–Kier alpha value is -2.88. The van der Waals surface area contributed by atoms with Crippen LogP contribution in [0.1, 0.15) is 54.5 Å². The quantitative estimate of drug-likeness (QED) is 0.235. The van der Waals surface area contributed by atoms with Crippen molar-refractivity contribution in [3.63, 3.8) is 0 Å². The van der Waals surface area contributed by atoms with E-state index in [-0.39, 0.29) is 0 Å². The molecular formula is C30H29BrO2. The third-order valence-electron chi connectivity index (χ3n) is 5.97. The maximum Gasteiger partial charge on any atom is 0.184 e. The average molecular weight is 501 g/mol. The van der Waals surface area contributed by atoms with Gasteiger partial charge in [0, 0.05) is 26.7 Å². The van der Waals surface area contributed by atoms with Crippen LogP contribution in [0.4, 0.5) is 0 Å². The third kappa shape index (κ3) is 5.05. The van der Waals surface area contributed by atoms with E-state index < -0.39 is 11.7 Å². The molecule has 0 aliphatic heterocycles. The van der Waals surface area contributed by atoms with E-state index in [0.29, 0.717) is 12.2 Å². The van der Waals surface area contributed by atoms with Crippen LogP contribution in [0, 0.1) is 0 Å². The maximum absolute atomic E-state index is 11.1. The molecule has 1 unspecified atom stereocenters. The van der Waals surface area contributed by atoms with Crippen LogP contribution in [0.5, 0.6) is 5.75 Å². The molecule has 1 N–H and O–H groups in total. The van der Waals surface area contributed by atoms with Crippen molar-refractivity contribution < 1.29 is 9.84 Å². The first kappa shape index (κ1) is 23.3. The SMILES string of the molecule is CCCCC(O)c1cc(Br)ccc1OC(c1ccccc1)(c1ccccc1)c1ccccc1. The molecule has 0 saturated heterocycles. The first-order chi connectivity index (χ1) is 16.1. The molecule has 0 heterocycles. The van der Waals surface area contributed by atoms with E-state index in [0.717, 1.165) is 39.6 Å². The second-order valence-corrected chi connectivity index (χ2v) is 9.14. The van der Waals surface area contributed by atoms with Gasteiger partial charge in [0.25, 0.3) is 0 Å². The summed E-state index contributed by atoms with van der Waals surface area (Å²) in [7, 11) is 0. The second kappa shape index (κ2) is 10.8. The van der Waals surface area contributed by atoms with Gasteiger partial charge >= 0.3 is 0 Å². The van der Waals surface area contributed by atoms with Crippen molar-refractivity contribution in [2.45, 2.75) is 37.9 Å². The minimum Gasteiger partial charge on any atom is -0.473 e. The lowest BCUT2D eigenvalue weighted by atomic mass is 9.80. The smallest absolute Gasteiger partial charge is 0.184 e. The normalized spacial score (nSPS) is 12.3. The fourth-order valence-corrected chi connectivity index (χ4v) is 4.66. The predicted octanol–water partition coefficient (Wildman–Crippen LogP) is 8.04. The van der Waals surface area contributed by atoms with Gasteiger partial charge in [0.1, 0.15) is 5.75 Å². The van der Waals surface area contributed by atoms with Gasteiger partial charge in [-0.05, 0) is 24.6 Å². The molecule has 0 amide bonds. The van der Waals surface area contributed by atoms with Crippen LogP contribution >= 0.6 is 15.9 Å². The van der Waals surface area contributed by atoms with Gasteiger partial charge in [0.15, 0.2) is 5.60 Å². The first-order valence-electron chi connectivity index (χ1n) is 11.5. The van der Waals surface area contributed by atoms with Crippen molar-refractivity contribution >= 4 is 15.9 Å². The fraction of sp³-hybridized carbons (Fsp3) is 0.200. The zero-order valence-corrected chi connectivity index (χ0v) is 20.4. The van der Waals surface area contributed by atoms with E-state index in [1.54, 1.807) is 0 Å². The van der Waals surface area contributed by atoms with E-state index in [9.17, 15) is 5.11 Å². The van der Waals surface area contributed by atoms with Crippen LogP contribution in [0.15, 0.2) is 114 Å². The minimum absolute atomic E-state index is 0.600. The van der Waals surface area contributed by atoms with E-state index in [1.807, 2.05) is 72.8 Å². The molecular weight excluding hydrogens is 472 g/mol. The Morgan fingerprint density at radius 2 is 1.24 bits per heavy atom. The summed E-state index contributed by atoms with van der Waals surface area (Å²) in [6.45, 7) is 2.14. The highest BCUT2D eigenvalue weighted by atomic mass is 79.9. The van der Waals surface area contributed by atoms with Crippen molar-refractivity contribution in [1.82, 2.24) is 0 Å². The number of hydrogen-bond acceptors (Lipinski definition) is 2. The van der Waals surface area contributed by atoms with Crippen LogP contribution < -0.4 is 4.74 Å². The molecule has 0 fully saturated rings. The number of rotatable bonds is 9. The summed E-state index contributed by atoms with van der Waals surface area (Å²) in [6.07, 6.45) is 2.08. The van der Waals surface area contributed by atoms with E-state index >= 15 is 0 Å². The number of aliphatic hydroxyl groups excluding tert-OH is 1. The Morgan fingerprint density at radius 1 is 0.758 bits per heavy atom. The molecule has 4 aromatic rings. The van der Waals surface area contributed by atoms with Gasteiger partial charge in [-0.25, -0.2) is 0 Å². The van der Waals surface area contributed by atoms with Gasteiger partial charge in [-0.2, -0.15) is 0 Å². The Morgan fingerprint density at radius 3 is 1.70 bits per heavy atom. The predicted molar refractivity (Wildman–Crippen MR) is 138 cm³/mol. The third-order valence-corrected chi connectivity index (χ3v) is 6.46. The Bertz CT molecular complexity index is 1050. The van der Waals surface area contributed by atoms with E-state index in [2.05, 4.69) is 59.3 Å². The van der Waals surface area contributed by atoms with Crippen LogP contribution in [-0.2, 0) is 5.60 Å². The molecule has 0 aliphatic rings. The summed E-state index contributed by atoms with van der Waals surface area (Å²) in [6, 6.07) is 36.8. The molecule has 3 heteroatoms. The van der Waals surface area contributed by atoms with Crippen molar-refractivity contribution in [3.8, 4) is 5.75 Å². The monoisotopic (exact) mass is 500 g/mol. The highest BCUT2D eigenvalue weighted by molar-refractivity contribution is 9.10. The van der Waals surface area contributed by atoms with Gasteiger partial charge in [-0.3, -0.25) is 0 Å². The number of halogens is 1. The largest absolute Gasteiger partial charge is 0.473 e. The van der Waals surface area contributed by atoms with Crippen LogP contribution in [0.2, 0.25) is 0 Å². The molecule has 0 saturated carbocycles. The molecule has 0 spiro atoms. The molecule has 0 aliphatic carbocycles. The Balaban J connectivity index is 1.94. The molecule has 4 rings (SSSR count). The van der Waals surface area contributed by atoms with Crippen LogP contribution in [0.25, 0.3) is 0 Å². The number of benzene rings is 4. The first-order valence-corrected chi connectivity index (χ1v) is 12.3. The van der Waals surface area contributed by atoms with E-state index in [4.69, 9.17) is 4.74 Å². The van der Waals surface area contributed by atoms with Gasteiger partial charge < -0.3 is 9.84 Å². The number of unbranched alkanes of at least 4 members (excludes halogenated alkanes) is 1. The Kier molecular flexibility index (Phi) is 7.64. The molecule has 0 radical (unpaired) electrons. The fourth-order valence-electron chi connectivity index (χ4n) is 4.29. The molecule has 168 valence electrons. The molecule has 1 atom stereocenters. The summed E-state index contributed by atoms with van der Waals surface area (Å²) >= 11 is 3.58. The lowest BCUT2D eigenvalue weighted by Gasteiger charge is -2.37. The summed E-state index contributed by atoms with van der Waals surface area (Å²) in [5, 5.41) is 11.1. The topological polar surface area (TPSA) is 29.5 Å². The van der Waals surface area contributed by atoms with Crippen LogP contribution in [-0.4, -0.2) is 5.11 Å². The lowest BCUT2D eigenvalue weighted by Crippen LogP contribution is -2.36. The number of ether oxygens (including phenoxy) is 1. The standard InChI is InChI=1S/C30H29BrO2/c1-2-3-19-28(32)27-22-26(31)20-21-29(27)33-30(23-13-7-4-8-14-23,24-15-9-5-10-16-24)25-17-11-6-12-18-25/h4-18,20-22,28,32H,2-3,19H2,1H3. The highest BCUT2D eigenvalue weighted by Crippen LogP contribution is 2.43. The van der Waals surface area contributed by atoms with Crippen molar-refractivity contribution in [1.29, 1.82) is 0 Å². The maximum atomic E-state index is 11.1. The van der Waals surface area contributed by atoms with E-state index in [1.165, 1.54) is 0 Å².